The lowest BCUT2D eigenvalue weighted by molar-refractivity contribution is -0.137. The van der Waals surface area contributed by atoms with Crippen molar-refractivity contribution in [2.75, 3.05) is 0 Å². The molecule has 0 bridgehead atoms. The molecule has 1 aromatic rings. The summed E-state index contributed by atoms with van der Waals surface area (Å²) in [5.74, 6) is -1.08. The molecule has 7 heteroatoms. The number of rotatable bonds is 6. The van der Waals surface area contributed by atoms with Gasteiger partial charge in [-0.15, -0.1) is 0 Å². The average Bonchev–Trinajstić information content (AvgIpc) is 2.37. The zero-order chi connectivity index (χ0) is 14.5. The lowest BCUT2D eigenvalue weighted by atomic mass is 10.2. The summed E-state index contributed by atoms with van der Waals surface area (Å²) in [6.45, 7) is 1.69. The van der Waals surface area contributed by atoms with Crippen LogP contribution in [-0.4, -0.2) is 25.5 Å². The second-order valence-electron chi connectivity index (χ2n) is 3.93. The smallest absolute Gasteiger partial charge is 0.304 e. The van der Waals surface area contributed by atoms with E-state index < -0.39 is 22.0 Å². The van der Waals surface area contributed by atoms with Crippen molar-refractivity contribution < 1.29 is 18.3 Å². The molecule has 0 radical (unpaired) electrons. The van der Waals surface area contributed by atoms with E-state index in [-0.39, 0.29) is 16.9 Å². The van der Waals surface area contributed by atoms with Crippen molar-refractivity contribution in [3.05, 3.63) is 29.8 Å². The molecular formula is C12H14N2O4S. The number of nitrogens with zero attached hydrogens (tertiary/aromatic N) is 1. The highest BCUT2D eigenvalue weighted by molar-refractivity contribution is 7.89. The van der Waals surface area contributed by atoms with E-state index in [4.69, 9.17) is 10.4 Å². The third kappa shape index (κ3) is 4.05. The summed E-state index contributed by atoms with van der Waals surface area (Å²) in [6.07, 6.45) is 0.0463. The number of aliphatic carboxylic acids is 1. The molecule has 0 fully saturated rings. The maximum Gasteiger partial charge on any atom is 0.304 e. The molecule has 0 heterocycles. The minimum absolute atomic E-state index is 0.0279. The lowest BCUT2D eigenvalue weighted by Crippen LogP contribution is -2.36. The Morgan fingerprint density at radius 2 is 2.11 bits per heavy atom. The van der Waals surface area contributed by atoms with E-state index in [2.05, 4.69) is 4.72 Å². The number of sulfonamides is 1. The van der Waals surface area contributed by atoms with E-state index in [0.29, 0.717) is 6.42 Å². The number of carboxylic acid groups (broad SMARTS) is 1. The standard InChI is InChI=1S/C12H14N2O4S/c1-2-10(7-12(15)16)14-19(17,18)11-6-4-3-5-9(11)8-13/h3-6,10,14H,2,7H2,1H3,(H,15,16). The fourth-order valence-electron chi connectivity index (χ4n) is 1.56. The zero-order valence-corrected chi connectivity index (χ0v) is 11.1. The Bertz CT molecular complexity index is 604. The molecule has 2 N–H and O–H groups in total. The van der Waals surface area contributed by atoms with Gasteiger partial charge in [-0.2, -0.15) is 5.26 Å². The Hall–Kier alpha value is -1.91. The normalized spacial score (nSPS) is 12.6. The van der Waals surface area contributed by atoms with Gasteiger partial charge in [-0.25, -0.2) is 13.1 Å². The number of hydrogen-bond acceptors (Lipinski definition) is 4. The van der Waals surface area contributed by atoms with Crippen molar-refractivity contribution in [3.8, 4) is 6.07 Å². The average molecular weight is 282 g/mol. The fourth-order valence-corrected chi connectivity index (χ4v) is 3.03. The van der Waals surface area contributed by atoms with Crippen LogP contribution in [0.1, 0.15) is 25.3 Å². The number of benzene rings is 1. The maximum atomic E-state index is 12.1. The van der Waals surface area contributed by atoms with Crippen LogP contribution in [0, 0.1) is 11.3 Å². The predicted molar refractivity (Wildman–Crippen MR) is 67.8 cm³/mol. The number of nitriles is 1. The molecule has 6 nitrogen and oxygen atoms in total. The highest BCUT2D eigenvalue weighted by atomic mass is 32.2. The van der Waals surface area contributed by atoms with Crippen molar-refractivity contribution in [2.45, 2.75) is 30.7 Å². The number of nitrogens with one attached hydrogen (secondary N) is 1. The van der Waals surface area contributed by atoms with Gasteiger partial charge < -0.3 is 5.11 Å². The fraction of sp³-hybridized carbons (Fsp3) is 0.333. The Balaban J connectivity index is 3.04. The monoisotopic (exact) mass is 282 g/mol. The summed E-state index contributed by atoms with van der Waals surface area (Å²) in [5, 5.41) is 17.6. The van der Waals surface area contributed by atoms with Gasteiger partial charge in [-0.05, 0) is 18.6 Å². The molecule has 1 aromatic carbocycles. The van der Waals surface area contributed by atoms with Gasteiger partial charge in [0.2, 0.25) is 10.0 Å². The molecule has 0 amide bonds. The molecule has 1 atom stereocenters. The van der Waals surface area contributed by atoms with Crippen molar-refractivity contribution in [3.63, 3.8) is 0 Å². The Morgan fingerprint density at radius 3 is 2.63 bits per heavy atom. The van der Waals surface area contributed by atoms with Gasteiger partial charge in [0.15, 0.2) is 0 Å². The van der Waals surface area contributed by atoms with Crippen LogP contribution in [0.5, 0.6) is 0 Å². The minimum Gasteiger partial charge on any atom is -0.481 e. The summed E-state index contributed by atoms with van der Waals surface area (Å²) in [5.41, 5.74) is 0.0279. The van der Waals surface area contributed by atoms with E-state index in [1.54, 1.807) is 19.1 Å². The minimum atomic E-state index is -3.90. The lowest BCUT2D eigenvalue weighted by Gasteiger charge is -2.15. The van der Waals surface area contributed by atoms with Crippen LogP contribution in [0.4, 0.5) is 0 Å². The quantitative estimate of drug-likeness (QED) is 0.812. The van der Waals surface area contributed by atoms with Crippen molar-refractivity contribution >= 4 is 16.0 Å². The molecular weight excluding hydrogens is 268 g/mol. The van der Waals surface area contributed by atoms with Crippen LogP contribution in [0.25, 0.3) is 0 Å². The summed E-state index contributed by atoms with van der Waals surface area (Å²) >= 11 is 0. The largest absolute Gasteiger partial charge is 0.481 e. The van der Waals surface area contributed by atoms with E-state index in [0.717, 1.165) is 0 Å². The SMILES string of the molecule is CCC(CC(=O)O)NS(=O)(=O)c1ccccc1C#N. The highest BCUT2D eigenvalue weighted by Crippen LogP contribution is 2.15. The molecule has 1 rings (SSSR count). The van der Waals surface area contributed by atoms with Crippen molar-refractivity contribution in [2.24, 2.45) is 0 Å². The predicted octanol–water partition coefficient (Wildman–Crippen LogP) is 1.09. The molecule has 19 heavy (non-hydrogen) atoms. The van der Waals surface area contributed by atoms with Gasteiger partial charge in [0, 0.05) is 6.04 Å². The number of carboxylic acids is 1. The Morgan fingerprint density at radius 1 is 1.47 bits per heavy atom. The molecule has 1 unspecified atom stereocenters. The summed E-state index contributed by atoms with van der Waals surface area (Å²) in [4.78, 5) is 10.5. The summed E-state index contributed by atoms with van der Waals surface area (Å²) < 4.78 is 26.5. The van der Waals surface area contributed by atoms with Crippen LogP contribution >= 0.6 is 0 Å². The molecule has 0 aromatic heterocycles. The third-order valence-electron chi connectivity index (χ3n) is 2.53. The van der Waals surface area contributed by atoms with Crippen LogP contribution in [-0.2, 0) is 14.8 Å². The number of hydrogen-bond donors (Lipinski definition) is 2. The first-order valence-corrected chi connectivity index (χ1v) is 7.12. The molecule has 0 aliphatic heterocycles. The second kappa shape index (κ2) is 6.31. The first kappa shape index (κ1) is 15.1. The topological polar surface area (TPSA) is 107 Å². The first-order chi connectivity index (χ1) is 8.90. The maximum absolute atomic E-state index is 12.1. The molecule has 0 aliphatic rings. The van der Waals surface area contributed by atoms with Crippen molar-refractivity contribution in [1.29, 1.82) is 5.26 Å². The molecule has 0 spiro atoms. The van der Waals surface area contributed by atoms with Crippen molar-refractivity contribution in [1.82, 2.24) is 4.72 Å². The summed E-state index contributed by atoms with van der Waals surface area (Å²) in [7, 11) is -3.90. The van der Waals surface area contributed by atoms with Crippen LogP contribution in [0.15, 0.2) is 29.2 Å². The van der Waals surface area contributed by atoms with Gasteiger partial charge in [-0.3, -0.25) is 4.79 Å². The van der Waals surface area contributed by atoms with Crippen LogP contribution in [0.3, 0.4) is 0 Å². The van der Waals surface area contributed by atoms with Crippen LogP contribution in [0.2, 0.25) is 0 Å². The van der Waals surface area contributed by atoms with Gasteiger partial charge >= 0.3 is 5.97 Å². The van der Waals surface area contributed by atoms with Gasteiger partial charge in [0.05, 0.1) is 16.9 Å². The number of carbonyl (C=O) groups is 1. The molecule has 0 saturated heterocycles. The highest BCUT2D eigenvalue weighted by Gasteiger charge is 2.23. The van der Waals surface area contributed by atoms with E-state index >= 15 is 0 Å². The zero-order valence-electron chi connectivity index (χ0n) is 10.3. The second-order valence-corrected chi connectivity index (χ2v) is 5.61. The molecule has 0 aliphatic carbocycles. The van der Waals surface area contributed by atoms with Crippen LogP contribution < -0.4 is 4.72 Å². The molecule has 102 valence electrons. The van der Waals surface area contributed by atoms with Gasteiger partial charge in [0.25, 0.3) is 0 Å². The first-order valence-electron chi connectivity index (χ1n) is 5.64. The third-order valence-corrected chi connectivity index (χ3v) is 4.11. The van der Waals surface area contributed by atoms with Gasteiger partial charge in [0.1, 0.15) is 6.07 Å². The summed E-state index contributed by atoms with van der Waals surface area (Å²) in [6, 6.07) is 6.88. The van der Waals surface area contributed by atoms with E-state index in [1.165, 1.54) is 18.2 Å². The van der Waals surface area contributed by atoms with Gasteiger partial charge in [-0.1, -0.05) is 19.1 Å². The van der Waals surface area contributed by atoms with E-state index in [9.17, 15) is 13.2 Å². The Labute approximate surface area is 111 Å². The van der Waals surface area contributed by atoms with E-state index in [1.807, 2.05) is 0 Å². The molecule has 0 saturated carbocycles. The Kier molecular flexibility index (Phi) is 5.03.